The van der Waals surface area contributed by atoms with Crippen molar-refractivity contribution in [3.05, 3.63) is 29.6 Å². The highest BCUT2D eigenvalue weighted by molar-refractivity contribution is 7.85. The monoisotopic (exact) mass is 189 g/mol. The Morgan fingerprint density at radius 2 is 2.17 bits per heavy atom. The SMILES string of the molecule is Cc1ccc(CS(=O)(=O)F)cn1. The fraction of sp³-hybridized carbons (Fsp3) is 0.286. The zero-order valence-corrected chi connectivity index (χ0v) is 7.31. The maximum atomic E-state index is 12.1. The van der Waals surface area contributed by atoms with Crippen LogP contribution in [0.4, 0.5) is 3.89 Å². The Balaban J connectivity index is 2.85. The molecule has 0 atom stereocenters. The molecule has 1 heterocycles. The molecule has 0 aliphatic rings. The average molecular weight is 189 g/mol. The molecule has 66 valence electrons. The molecule has 0 aliphatic heterocycles. The standard InChI is InChI=1S/C7H8FNO2S/c1-6-2-3-7(4-9-6)5-12(8,10)11/h2-4H,5H2,1H3. The quantitative estimate of drug-likeness (QED) is 0.656. The van der Waals surface area contributed by atoms with Gasteiger partial charge in [0.1, 0.15) is 5.75 Å². The van der Waals surface area contributed by atoms with Gasteiger partial charge >= 0.3 is 10.2 Å². The predicted molar refractivity (Wildman–Crippen MR) is 42.7 cm³/mol. The van der Waals surface area contributed by atoms with E-state index < -0.39 is 16.0 Å². The van der Waals surface area contributed by atoms with Crippen molar-refractivity contribution < 1.29 is 12.3 Å². The van der Waals surface area contributed by atoms with Gasteiger partial charge in [0.2, 0.25) is 0 Å². The van der Waals surface area contributed by atoms with E-state index >= 15 is 0 Å². The second kappa shape index (κ2) is 3.18. The molecule has 0 N–H and O–H groups in total. The zero-order valence-electron chi connectivity index (χ0n) is 6.49. The third-order valence-electron chi connectivity index (χ3n) is 1.31. The van der Waals surface area contributed by atoms with Crippen LogP contribution >= 0.6 is 0 Å². The van der Waals surface area contributed by atoms with Gasteiger partial charge in [0.15, 0.2) is 0 Å². The summed E-state index contributed by atoms with van der Waals surface area (Å²) in [6.45, 7) is 1.77. The van der Waals surface area contributed by atoms with Crippen molar-refractivity contribution in [2.75, 3.05) is 0 Å². The largest absolute Gasteiger partial charge is 0.306 e. The van der Waals surface area contributed by atoms with Crippen LogP contribution in [0, 0.1) is 6.92 Å². The highest BCUT2D eigenvalue weighted by Crippen LogP contribution is 2.06. The smallest absolute Gasteiger partial charge is 0.261 e. The summed E-state index contributed by atoms with van der Waals surface area (Å²) in [6, 6.07) is 3.18. The minimum atomic E-state index is -4.43. The Hall–Kier alpha value is -0.970. The first-order valence-electron chi connectivity index (χ1n) is 3.31. The number of rotatable bonds is 2. The molecule has 0 fully saturated rings. The van der Waals surface area contributed by atoms with Crippen LogP contribution in [0.5, 0.6) is 0 Å². The van der Waals surface area contributed by atoms with Crippen LogP contribution in [-0.2, 0) is 16.0 Å². The van der Waals surface area contributed by atoms with Gasteiger partial charge in [-0.3, -0.25) is 4.98 Å². The Kier molecular flexibility index (Phi) is 2.42. The molecule has 1 aromatic rings. The lowest BCUT2D eigenvalue weighted by atomic mass is 10.3. The topological polar surface area (TPSA) is 47.0 Å². The second-order valence-electron chi connectivity index (χ2n) is 2.49. The molecular weight excluding hydrogens is 181 g/mol. The number of aryl methyl sites for hydroxylation is 1. The van der Waals surface area contributed by atoms with Gasteiger partial charge < -0.3 is 0 Å². The van der Waals surface area contributed by atoms with Crippen LogP contribution < -0.4 is 0 Å². The van der Waals surface area contributed by atoms with Crippen molar-refractivity contribution in [1.29, 1.82) is 0 Å². The lowest BCUT2D eigenvalue weighted by Crippen LogP contribution is -1.96. The van der Waals surface area contributed by atoms with Gasteiger partial charge in [0, 0.05) is 11.9 Å². The van der Waals surface area contributed by atoms with Crippen molar-refractivity contribution in [1.82, 2.24) is 4.98 Å². The Bertz CT molecular complexity index is 357. The third-order valence-corrected chi connectivity index (χ3v) is 1.99. The summed E-state index contributed by atoms with van der Waals surface area (Å²) in [6.07, 6.45) is 1.35. The Morgan fingerprint density at radius 3 is 2.58 bits per heavy atom. The number of nitrogens with zero attached hydrogens (tertiary/aromatic N) is 1. The molecule has 0 radical (unpaired) electrons. The normalized spacial score (nSPS) is 11.5. The van der Waals surface area contributed by atoms with Gasteiger partial charge in [0.25, 0.3) is 0 Å². The van der Waals surface area contributed by atoms with Crippen LogP contribution in [0.15, 0.2) is 18.3 Å². The summed E-state index contributed by atoms with van der Waals surface area (Å²) in [7, 11) is -4.43. The van der Waals surface area contributed by atoms with Crippen molar-refractivity contribution in [3.63, 3.8) is 0 Å². The highest BCUT2D eigenvalue weighted by atomic mass is 32.3. The van der Waals surface area contributed by atoms with E-state index in [0.717, 1.165) is 5.69 Å². The van der Waals surface area contributed by atoms with Gasteiger partial charge in [0.05, 0.1) is 0 Å². The van der Waals surface area contributed by atoms with E-state index in [4.69, 9.17) is 0 Å². The van der Waals surface area contributed by atoms with Gasteiger partial charge in [-0.15, -0.1) is 3.89 Å². The number of hydrogen-bond acceptors (Lipinski definition) is 3. The first-order valence-corrected chi connectivity index (χ1v) is 4.86. The van der Waals surface area contributed by atoms with Crippen molar-refractivity contribution in [2.24, 2.45) is 0 Å². The van der Waals surface area contributed by atoms with Gasteiger partial charge in [-0.25, -0.2) is 0 Å². The summed E-state index contributed by atoms with van der Waals surface area (Å²) in [5.74, 6) is -0.597. The van der Waals surface area contributed by atoms with Crippen molar-refractivity contribution in [2.45, 2.75) is 12.7 Å². The minimum absolute atomic E-state index is 0.364. The summed E-state index contributed by atoms with van der Waals surface area (Å²) in [5.41, 5.74) is 1.14. The molecule has 0 saturated carbocycles. The number of hydrogen-bond donors (Lipinski definition) is 0. The van der Waals surface area contributed by atoms with E-state index in [1.54, 1.807) is 19.1 Å². The van der Waals surface area contributed by atoms with Crippen LogP contribution in [-0.4, -0.2) is 13.4 Å². The molecule has 5 heteroatoms. The Morgan fingerprint density at radius 1 is 1.50 bits per heavy atom. The first kappa shape index (κ1) is 9.12. The van der Waals surface area contributed by atoms with Crippen LogP contribution in [0.25, 0.3) is 0 Å². The van der Waals surface area contributed by atoms with E-state index in [1.807, 2.05) is 0 Å². The zero-order chi connectivity index (χ0) is 9.19. The molecule has 1 aromatic heterocycles. The van der Waals surface area contributed by atoms with E-state index in [1.165, 1.54) is 6.20 Å². The van der Waals surface area contributed by atoms with Crippen LogP contribution in [0.1, 0.15) is 11.3 Å². The van der Waals surface area contributed by atoms with Gasteiger partial charge in [-0.1, -0.05) is 6.07 Å². The van der Waals surface area contributed by atoms with E-state index in [-0.39, 0.29) is 0 Å². The fourth-order valence-corrected chi connectivity index (χ4v) is 1.35. The lowest BCUT2D eigenvalue weighted by molar-refractivity contribution is 0.551. The summed E-state index contributed by atoms with van der Waals surface area (Å²) < 4.78 is 32.5. The minimum Gasteiger partial charge on any atom is -0.261 e. The molecular formula is C7H8FNO2S. The van der Waals surface area contributed by atoms with E-state index in [0.29, 0.717) is 5.56 Å². The molecule has 12 heavy (non-hydrogen) atoms. The fourth-order valence-electron chi connectivity index (χ4n) is 0.783. The molecule has 0 saturated heterocycles. The van der Waals surface area contributed by atoms with E-state index in [2.05, 4.69) is 4.98 Å². The Labute approximate surface area is 70.5 Å². The summed E-state index contributed by atoms with van der Waals surface area (Å²) in [5, 5.41) is 0. The molecule has 0 aromatic carbocycles. The molecule has 0 aliphatic carbocycles. The van der Waals surface area contributed by atoms with Gasteiger partial charge in [-0.05, 0) is 18.6 Å². The molecule has 0 unspecified atom stereocenters. The number of pyridine rings is 1. The van der Waals surface area contributed by atoms with Crippen LogP contribution in [0.2, 0.25) is 0 Å². The predicted octanol–water partition coefficient (Wildman–Crippen LogP) is 1.19. The van der Waals surface area contributed by atoms with Crippen LogP contribution in [0.3, 0.4) is 0 Å². The summed E-state index contributed by atoms with van der Waals surface area (Å²) in [4.78, 5) is 3.83. The molecule has 3 nitrogen and oxygen atoms in total. The highest BCUT2D eigenvalue weighted by Gasteiger charge is 2.08. The van der Waals surface area contributed by atoms with Gasteiger partial charge in [-0.2, -0.15) is 8.42 Å². The van der Waals surface area contributed by atoms with Crippen molar-refractivity contribution >= 4 is 10.2 Å². The first-order chi connectivity index (χ1) is 5.47. The maximum Gasteiger partial charge on any atom is 0.306 e. The lowest BCUT2D eigenvalue weighted by Gasteiger charge is -1.96. The van der Waals surface area contributed by atoms with Crippen molar-refractivity contribution in [3.8, 4) is 0 Å². The molecule has 0 bridgehead atoms. The molecule has 0 spiro atoms. The maximum absolute atomic E-state index is 12.1. The third kappa shape index (κ3) is 2.96. The van der Waals surface area contributed by atoms with E-state index in [9.17, 15) is 12.3 Å². The second-order valence-corrected chi connectivity index (χ2v) is 3.86. The number of halogens is 1. The molecule has 1 rings (SSSR count). The molecule has 0 amide bonds. The number of aromatic nitrogens is 1. The average Bonchev–Trinajstić information content (AvgIpc) is 1.91. The summed E-state index contributed by atoms with van der Waals surface area (Å²) >= 11 is 0.